The Labute approximate surface area is 107 Å². The molecule has 0 radical (unpaired) electrons. The molecule has 0 atom stereocenters. The maximum atomic E-state index is 11.6. The molecule has 0 unspecified atom stereocenters. The average Bonchev–Trinajstić information content (AvgIpc) is 3.10. The predicted octanol–water partition coefficient (Wildman–Crippen LogP) is 2.38. The van der Waals surface area contributed by atoms with Crippen LogP contribution in [0.1, 0.15) is 30.9 Å². The van der Waals surface area contributed by atoms with Crippen molar-refractivity contribution in [3.05, 3.63) is 35.4 Å². The average molecular weight is 246 g/mol. The summed E-state index contributed by atoms with van der Waals surface area (Å²) < 4.78 is 5.36. The van der Waals surface area contributed by atoms with Crippen molar-refractivity contribution in [1.29, 1.82) is 0 Å². The highest BCUT2D eigenvalue weighted by Gasteiger charge is 2.68. The van der Waals surface area contributed by atoms with Crippen LogP contribution in [0.25, 0.3) is 0 Å². The van der Waals surface area contributed by atoms with Crippen LogP contribution in [-0.4, -0.2) is 24.3 Å². The Bertz CT molecular complexity index is 467. The van der Waals surface area contributed by atoms with Gasteiger partial charge in [0.2, 0.25) is 0 Å². The molecule has 0 spiro atoms. The molecule has 2 aliphatic rings. The van der Waals surface area contributed by atoms with E-state index in [1.807, 2.05) is 0 Å². The van der Waals surface area contributed by atoms with E-state index >= 15 is 0 Å². The van der Waals surface area contributed by atoms with Crippen LogP contribution in [0.2, 0.25) is 0 Å². The molecule has 1 aliphatic heterocycles. The van der Waals surface area contributed by atoms with E-state index in [0.29, 0.717) is 13.2 Å². The Hall–Kier alpha value is -1.35. The first-order valence-electron chi connectivity index (χ1n) is 6.55. The lowest BCUT2D eigenvalue weighted by atomic mass is 9.66. The molecule has 0 aromatic heterocycles. The Balaban J connectivity index is 1.99. The topological polar surface area (TPSA) is 46.5 Å². The SMILES string of the molecule is CCc1ccc(C2(C3(C(=O)O)CC3)COC2)cc1. The zero-order valence-electron chi connectivity index (χ0n) is 10.6. The molecule has 1 saturated carbocycles. The maximum Gasteiger partial charge on any atom is 0.310 e. The zero-order chi connectivity index (χ0) is 12.8. The first kappa shape index (κ1) is 11.7. The number of carboxylic acid groups (broad SMARTS) is 1. The molecule has 3 heteroatoms. The standard InChI is InChI=1S/C15H18O3/c1-2-11-3-5-12(6-4-11)15(9-18-10-15)14(7-8-14)13(16)17/h3-6H,2,7-10H2,1H3,(H,16,17). The van der Waals surface area contributed by atoms with Crippen LogP contribution < -0.4 is 0 Å². The van der Waals surface area contributed by atoms with Crippen LogP contribution in [0.4, 0.5) is 0 Å². The van der Waals surface area contributed by atoms with Crippen molar-refractivity contribution in [3.8, 4) is 0 Å². The Morgan fingerprint density at radius 2 is 1.89 bits per heavy atom. The van der Waals surface area contributed by atoms with E-state index in [9.17, 15) is 9.90 Å². The number of benzene rings is 1. The summed E-state index contributed by atoms with van der Waals surface area (Å²) in [6.07, 6.45) is 2.57. The van der Waals surface area contributed by atoms with Crippen molar-refractivity contribution >= 4 is 5.97 Å². The third-order valence-electron chi connectivity index (χ3n) is 4.69. The fraction of sp³-hybridized carbons (Fsp3) is 0.533. The number of hydrogen-bond acceptors (Lipinski definition) is 2. The lowest BCUT2D eigenvalue weighted by molar-refractivity contribution is -0.161. The monoisotopic (exact) mass is 246 g/mol. The van der Waals surface area contributed by atoms with E-state index < -0.39 is 11.4 Å². The lowest BCUT2D eigenvalue weighted by Crippen LogP contribution is -2.56. The number of rotatable bonds is 4. The second-order valence-electron chi connectivity index (χ2n) is 5.51. The summed E-state index contributed by atoms with van der Waals surface area (Å²) in [5, 5.41) is 9.51. The molecule has 1 aliphatic carbocycles. The van der Waals surface area contributed by atoms with Crippen LogP contribution in [0, 0.1) is 5.41 Å². The van der Waals surface area contributed by atoms with Crippen LogP contribution >= 0.6 is 0 Å². The summed E-state index contributed by atoms with van der Waals surface area (Å²) in [6.45, 7) is 3.21. The maximum absolute atomic E-state index is 11.6. The van der Waals surface area contributed by atoms with Crippen LogP contribution in [0.3, 0.4) is 0 Å². The van der Waals surface area contributed by atoms with Gasteiger partial charge in [-0.2, -0.15) is 0 Å². The van der Waals surface area contributed by atoms with Crippen LogP contribution in [0.15, 0.2) is 24.3 Å². The van der Waals surface area contributed by atoms with E-state index in [1.54, 1.807) is 0 Å². The van der Waals surface area contributed by atoms with Crippen molar-refractivity contribution in [3.63, 3.8) is 0 Å². The first-order chi connectivity index (χ1) is 8.64. The minimum atomic E-state index is -0.662. The van der Waals surface area contributed by atoms with E-state index in [2.05, 4.69) is 31.2 Å². The fourth-order valence-corrected chi connectivity index (χ4v) is 3.11. The van der Waals surface area contributed by atoms with Crippen molar-refractivity contribution < 1.29 is 14.6 Å². The van der Waals surface area contributed by atoms with Gasteiger partial charge in [0.1, 0.15) is 0 Å². The third-order valence-corrected chi connectivity index (χ3v) is 4.69. The zero-order valence-corrected chi connectivity index (χ0v) is 10.6. The summed E-state index contributed by atoms with van der Waals surface area (Å²) in [4.78, 5) is 11.6. The molecular weight excluding hydrogens is 228 g/mol. The van der Waals surface area contributed by atoms with E-state index in [4.69, 9.17) is 4.74 Å². The lowest BCUT2D eigenvalue weighted by Gasteiger charge is -2.46. The smallest absolute Gasteiger partial charge is 0.310 e. The molecule has 96 valence electrons. The van der Waals surface area contributed by atoms with Gasteiger partial charge < -0.3 is 9.84 Å². The molecule has 0 bridgehead atoms. The largest absolute Gasteiger partial charge is 0.481 e. The van der Waals surface area contributed by atoms with Gasteiger partial charge >= 0.3 is 5.97 Å². The van der Waals surface area contributed by atoms with E-state index in [1.165, 1.54) is 5.56 Å². The molecule has 1 saturated heterocycles. The van der Waals surface area contributed by atoms with Crippen LogP contribution in [0.5, 0.6) is 0 Å². The molecule has 3 rings (SSSR count). The van der Waals surface area contributed by atoms with Gasteiger partial charge in [-0.3, -0.25) is 4.79 Å². The summed E-state index contributed by atoms with van der Waals surface area (Å²) in [6, 6.07) is 8.38. The van der Waals surface area contributed by atoms with Crippen molar-refractivity contribution in [2.45, 2.75) is 31.6 Å². The van der Waals surface area contributed by atoms with Crippen molar-refractivity contribution in [2.24, 2.45) is 5.41 Å². The summed E-state index contributed by atoms with van der Waals surface area (Å²) in [5.41, 5.74) is 1.56. The molecule has 1 N–H and O–H groups in total. The number of aryl methyl sites for hydroxylation is 1. The highest BCUT2D eigenvalue weighted by atomic mass is 16.5. The van der Waals surface area contributed by atoms with Gasteiger partial charge in [-0.05, 0) is 30.4 Å². The first-order valence-corrected chi connectivity index (χ1v) is 6.55. The fourth-order valence-electron chi connectivity index (χ4n) is 3.11. The van der Waals surface area contributed by atoms with Gasteiger partial charge in [-0.15, -0.1) is 0 Å². The third kappa shape index (κ3) is 1.37. The number of hydrogen-bond donors (Lipinski definition) is 1. The number of carboxylic acids is 1. The summed E-state index contributed by atoms with van der Waals surface area (Å²) in [7, 11) is 0. The molecule has 0 amide bonds. The van der Waals surface area contributed by atoms with Gasteiger partial charge in [0.25, 0.3) is 0 Å². The minimum absolute atomic E-state index is 0.287. The van der Waals surface area contributed by atoms with Crippen LogP contribution in [-0.2, 0) is 21.4 Å². The minimum Gasteiger partial charge on any atom is -0.481 e. The van der Waals surface area contributed by atoms with Crippen molar-refractivity contribution in [1.82, 2.24) is 0 Å². The Kier molecular flexibility index (Phi) is 2.49. The van der Waals surface area contributed by atoms with E-state index in [0.717, 1.165) is 24.8 Å². The van der Waals surface area contributed by atoms with Crippen molar-refractivity contribution in [2.75, 3.05) is 13.2 Å². The molecule has 3 nitrogen and oxygen atoms in total. The highest BCUT2D eigenvalue weighted by Crippen LogP contribution is 2.62. The molecule has 1 aromatic carbocycles. The van der Waals surface area contributed by atoms with Gasteiger partial charge in [0, 0.05) is 0 Å². The molecular formula is C15H18O3. The number of carbonyl (C=O) groups is 1. The number of aliphatic carboxylic acids is 1. The second kappa shape index (κ2) is 3.82. The van der Waals surface area contributed by atoms with Gasteiger partial charge in [0.15, 0.2) is 0 Å². The van der Waals surface area contributed by atoms with Gasteiger partial charge in [-0.25, -0.2) is 0 Å². The second-order valence-corrected chi connectivity index (χ2v) is 5.51. The van der Waals surface area contributed by atoms with E-state index in [-0.39, 0.29) is 5.41 Å². The molecule has 1 heterocycles. The number of ether oxygens (including phenoxy) is 1. The molecule has 18 heavy (non-hydrogen) atoms. The van der Waals surface area contributed by atoms with Gasteiger partial charge in [0.05, 0.1) is 24.0 Å². The summed E-state index contributed by atoms with van der Waals surface area (Å²) >= 11 is 0. The Morgan fingerprint density at radius 1 is 1.28 bits per heavy atom. The normalized spacial score (nSPS) is 23.2. The predicted molar refractivity (Wildman–Crippen MR) is 67.6 cm³/mol. The Morgan fingerprint density at radius 3 is 2.22 bits per heavy atom. The quantitative estimate of drug-likeness (QED) is 0.887. The highest BCUT2D eigenvalue weighted by molar-refractivity contribution is 5.81. The van der Waals surface area contributed by atoms with Gasteiger partial charge in [-0.1, -0.05) is 31.2 Å². The molecule has 2 fully saturated rings. The summed E-state index contributed by atoms with van der Waals surface area (Å²) in [5.74, 6) is -0.662. The molecule has 1 aromatic rings.